The normalized spacial score (nSPS) is 28.7. The highest BCUT2D eigenvalue weighted by Gasteiger charge is 2.44. The summed E-state index contributed by atoms with van der Waals surface area (Å²) < 4.78 is 101. The smallest absolute Gasteiger partial charge is 0.400 e. The standard InChI is InChI=1S/C34H40F6O3/c1-2-3-4-5-21-6-8-22(9-7-21)25-19-41-33(42-20-25)24-12-15-28(29(35)16-24)23-10-13-26(14-11-23)34(39,40)43-27-17-30(36)32(38)31(37)18-27/h3-4,12,15-18,21-23,25-26,33H,2,5-11,13-14,19-20H2,1H3. The Bertz CT molecular complexity index is 1220. The van der Waals surface area contributed by atoms with Crippen molar-refractivity contribution >= 4 is 0 Å². The highest BCUT2D eigenvalue weighted by Crippen LogP contribution is 2.44. The van der Waals surface area contributed by atoms with E-state index in [0.717, 1.165) is 18.8 Å². The summed E-state index contributed by atoms with van der Waals surface area (Å²) in [7, 11) is 0. The first-order valence-corrected chi connectivity index (χ1v) is 15.5. The molecule has 43 heavy (non-hydrogen) atoms. The molecule has 2 aliphatic carbocycles. The summed E-state index contributed by atoms with van der Waals surface area (Å²) in [5, 5.41) is 0. The van der Waals surface area contributed by atoms with Crippen molar-refractivity contribution in [1.29, 1.82) is 0 Å². The van der Waals surface area contributed by atoms with Crippen LogP contribution in [0.3, 0.4) is 0 Å². The second-order valence-electron chi connectivity index (χ2n) is 12.3. The molecule has 1 heterocycles. The Hall–Kier alpha value is -2.52. The summed E-state index contributed by atoms with van der Waals surface area (Å²) in [6.07, 6.45) is 7.88. The van der Waals surface area contributed by atoms with Crippen molar-refractivity contribution in [2.45, 2.75) is 89.4 Å². The van der Waals surface area contributed by atoms with Gasteiger partial charge < -0.3 is 14.2 Å². The summed E-state index contributed by atoms with van der Waals surface area (Å²) in [6.45, 7) is 3.31. The summed E-state index contributed by atoms with van der Waals surface area (Å²) in [5.74, 6) is -5.98. The van der Waals surface area contributed by atoms with Crippen molar-refractivity contribution < 1.29 is 40.6 Å². The molecule has 3 fully saturated rings. The maximum atomic E-state index is 15.2. The molecule has 0 N–H and O–H groups in total. The molecule has 2 saturated carbocycles. The number of benzene rings is 2. The van der Waals surface area contributed by atoms with E-state index in [0.29, 0.717) is 61.2 Å². The molecule has 1 aliphatic heterocycles. The molecule has 2 aromatic rings. The van der Waals surface area contributed by atoms with Gasteiger partial charge in [0.05, 0.1) is 19.1 Å². The van der Waals surface area contributed by atoms with E-state index in [1.165, 1.54) is 31.7 Å². The molecular formula is C34H40F6O3. The van der Waals surface area contributed by atoms with E-state index in [2.05, 4.69) is 23.8 Å². The molecule has 3 nitrogen and oxygen atoms in total. The molecule has 0 bridgehead atoms. The van der Waals surface area contributed by atoms with Gasteiger partial charge in [0.2, 0.25) is 0 Å². The van der Waals surface area contributed by atoms with E-state index in [-0.39, 0.29) is 18.8 Å². The Labute approximate surface area is 249 Å². The number of rotatable bonds is 9. The second kappa shape index (κ2) is 14.1. The van der Waals surface area contributed by atoms with Crippen LogP contribution in [0.25, 0.3) is 0 Å². The molecular weight excluding hydrogens is 570 g/mol. The van der Waals surface area contributed by atoms with Crippen LogP contribution in [0.5, 0.6) is 5.75 Å². The topological polar surface area (TPSA) is 27.7 Å². The van der Waals surface area contributed by atoms with Crippen LogP contribution in [-0.4, -0.2) is 19.3 Å². The van der Waals surface area contributed by atoms with Crippen molar-refractivity contribution in [1.82, 2.24) is 0 Å². The number of ether oxygens (including phenoxy) is 3. The Kier molecular flexibility index (Phi) is 10.4. The third-order valence-corrected chi connectivity index (χ3v) is 9.50. The molecule has 0 spiro atoms. The van der Waals surface area contributed by atoms with Gasteiger partial charge in [0.1, 0.15) is 11.6 Å². The molecule has 1 saturated heterocycles. The molecule has 9 heteroatoms. The van der Waals surface area contributed by atoms with Gasteiger partial charge in [-0.1, -0.05) is 31.2 Å². The van der Waals surface area contributed by atoms with Gasteiger partial charge in [-0.2, -0.15) is 8.78 Å². The predicted molar refractivity (Wildman–Crippen MR) is 151 cm³/mol. The predicted octanol–water partition coefficient (Wildman–Crippen LogP) is 10.0. The zero-order chi connectivity index (χ0) is 30.6. The van der Waals surface area contributed by atoms with Crippen LogP contribution < -0.4 is 4.74 Å². The lowest BCUT2D eigenvalue weighted by Gasteiger charge is -2.38. The number of allylic oxidation sites excluding steroid dienone is 2. The molecule has 0 amide bonds. The molecule has 5 rings (SSSR count). The fourth-order valence-corrected chi connectivity index (χ4v) is 6.93. The minimum Gasteiger partial charge on any atom is -0.432 e. The van der Waals surface area contributed by atoms with Crippen molar-refractivity contribution in [2.24, 2.45) is 23.7 Å². The Morgan fingerprint density at radius 2 is 1.44 bits per heavy atom. The molecule has 0 unspecified atom stereocenters. The van der Waals surface area contributed by atoms with Crippen LogP contribution in [-0.2, 0) is 9.47 Å². The van der Waals surface area contributed by atoms with E-state index < -0.39 is 47.3 Å². The van der Waals surface area contributed by atoms with Gasteiger partial charge in [0, 0.05) is 23.6 Å². The molecule has 0 atom stereocenters. The Balaban J connectivity index is 1.10. The van der Waals surface area contributed by atoms with Gasteiger partial charge in [-0.25, -0.2) is 17.6 Å². The first-order chi connectivity index (χ1) is 20.6. The molecule has 0 aromatic heterocycles. The van der Waals surface area contributed by atoms with Crippen LogP contribution in [0.2, 0.25) is 0 Å². The minimum atomic E-state index is -3.72. The van der Waals surface area contributed by atoms with Crippen molar-refractivity contribution in [3.63, 3.8) is 0 Å². The lowest BCUT2D eigenvalue weighted by atomic mass is 9.75. The molecule has 2 aromatic carbocycles. The number of hydrogen-bond donors (Lipinski definition) is 0. The van der Waals surface area contributed by atoms with E-state index in [9.17, 15) is 22.0 Å². The second-order valence-corrected chi connectivity index (χ2v) is 12.3. The van der Waals surface area contributed by atoms with Gasteiger partial charge in [0.15, 0.2) is 23.7 Å². The first kappa shape index (κ1) is 31.9. The fraction of sp³-hybridized carbons (Fsp3) is 0.588. The van der Waals surface area contributed by atoms with Gasteiger partial charge in [-0.3, -0.25) is 0 Å². The first-order valence-electron chi connectivity index (χ1n) is 15.5. The van der Waals surface area contributed by atoms with Crippen LogP contribution in [0, 0.1) is 46.9 Å². The largest absolute Gasteiger partial charge is 0.432 e. The SMILES string of the molecule is CCC=CCC1CCC(C2COC(c3ccc(C4CCC(C(F)(F)Oc5cc(F)c(F)c(F)c5)CC4)c(F)c3)OC2)CC1. The highest BCUT2D eigenvalue weighted by atomic mass is 19.3. The minimum absolute atomic E-state index is 0.0264. The summed E-state index contributed by atoms with van der Waals surface area (Å²) in [4.78, 5) is 0. The third-order valence-electron chi connectivity index (χ3n) is 9.50. The maximum absolute atomic E-state index is 15.2. The van der Waals surface area contributed by atoms with Gasteiger partial charge >= 0.3 is 6.11 Å². The van der Waals surface area contributed by atoms with E-state index in [4.69, 9.17) is 9.47 Å². The number of halogens is 6. The van der Waals surface area contributed by atoms with Crippen molar-refractivity contribution in [3.8, 4) is 5.75 Å². The van der Waals surface area contributed by atoms with Crippen LogP contribution in [0.1, 0.15) is 94.5 Å². The average Bonchev–Trinajstić information content (AvgIpc) is 3.00. The maximum Gasteiger partial charge on any atom is 0.400 e. The third kappa shape index (κ3) is 7.77. The fourth-order valence-electron chi connectivity index (χ4n) is 6.93. The summed E-state index contributed by atoms with van der Waals surface area (Å²) in [5.41, 5.74) is 1.05. The van der Waals surface area contributed by atoms with Gasteiger partial charge in [-0.15, -0.1) is 0 Å². The van der Waals surface area contributed by atoms with E-state index >= 15 is 4.39 Å². The molecule has 0 radical (unpaired) electrons. The average molecular weight is 611 g/mol. The molecule has 236 valence electrons. The highest BCUT2D eigenvalue weighted by molar-refractivity contribution is 5.29. The Morgan fingerprint density at radius 3 is 2.05 bits per heavy atom. The quantitative estimate of drug-likeness (QED) is 0.161. The summed E-state index contributed by atoms with van der Waals surface area (Å²) in [6, 6.07) is 5.67. The van der Waals surface area contributed by atoms with Gasteiger partial charge in [0.25, 0.3) is 0 Å². The number of alkyl halides is 2. The lowest BCUT2D eigenvalue weighted by molar-refractivity contribution is -0.222. The van der Waals surface area contributed by atoms with Crippen LogP contribution in [0.15, 0.2) is 42.5 Å². The zero-order valence-corrected chi connectivity index (χ0v) is 24.5. The van der Waals surface area contributed by atoms with Crippen molar-refractivity contribution in [3.05, 3.63) is 76.9 Å². The van der Waals surface area contributed by atoms with E-state index in [1.807, 2.05) is 0 Å². The van der Waals surface area contributed by atoms with Crippen LogP contribution >= 0.6 is 0 Å². The summed E-state index contributed by atoms with van der Waals surface area (Å²) >= 11 is 0. The molecule has 3 aliphatic rings. The van der Waals surface area contributed by atoms with Gasteiger partial charge in [-0.05, 0) is 93.6 Å². The zero-order valence-electron chi connectivity index (χ0n) is 24.5. The Morgan fingerprint density at radius 1 is 0.791 bits per heavy atom. The lowest BCUT2D eigenvalue weighted by Crippen LogP contribution is -2.37. The van der Waals surface area contributed by atoms with E-state index in [1.54, 1.807) is 12.1 Å². The van der Waals surface area contributed by atoms with Crippen LogP contribution in [0.4, 0.5) is 26.3 Å². The number of hydrogen-bond acceptors (Lipinski definition) is 3. The van der Waals surface area contributed by atoms with Crippen molar-refractivity contribution in [2.75, 3.05) is 13.2 Å². The monoisotopic (exact) mass is 610 g/mol.